The van der Waals surface area contributed by atoms with Crippen LogP contribution < -0.4 is 11.1 Å². The molecule has 138 valence electrons. The third-order valence-electron chi connectivity index (χ3n) is 6.34. The lowest BCUT2D eigenvalue weighted by Crippen LogP contribution is -2.66. The topological polar surface area (TPSA) is 72.9 Å². The molecule has 2 saturated carbocycles. The second-order valence-electron chi connectivity index (χ2n) is 8.38. The van der Waals surface area contributed by atoms with Crippen LogP contribution in [-0.2, 0) is 11.3 Å². The van der Waals surface area contributed by atoms with E-state index in [2.05, 4.69) is 20.9 Å². The lowest BCUT2D eigenvalue weighted by molar-refractivity contribution is -0.135. The van der Waals surface area contributed by atoms with Crippen LogP contribution in [0.3, 0.4) is 0 Å². The predicted molar refractivity (Wildman–Crippen MR) is 106 cm³/mol. The SMILES string of the molecule is NC1(C(=O)Nc2ccc(Cn3cnc4ccccc43)cc2)CC2(CCC2)C1. The molecule has 2 fully saturated rings. The average molecular weight is 360 g/mol. The van der Waals surface area contributed by atoms with Gasteiger partial charge in [0.1, 0.15) is 0 Å². The van der Waals surface area contributed by atoms with Crippen molar-refractivity contribution in [2.75, 3.05) is 5.32 Å². The van der Waals surface area contributed by atoms with E-state index < -0.39 is 5.54 Å². The Morgan fingerprint density at radius 3 is 2.56 bits per heavy atom. The number of aromatic nitrogens is 2. The fourth-order valence-electron chi connectivity index (χ4n) is 4.76. The summed E-state index contributed by atoms with van der Waals surface area (Å²) in [5, 5.41) is 3.00. The molecule has 3 aromatic rings. The number of imidazole rings is 1. The van der Waals surface area contributed by atoms with Crippen LogP contribution in [0.4, 0.5) is 5.69 Å². The summed E-state index contributed by atoms with van der Waals surface area (Å²) in [7, 11) is 0. The van der Waals surface area contributed by atoms with Crippen LogP contribution in [0.1, 0.15) is 37.7 Å². The summed E-state index contributed by atoms with van der Waals surface area (Å²) < 4.78 is 2.13. The average Bonchev–Trinajstić information content (AvgIpc) is 3.02. The van der Waals surface area contributed by atoms with E-state index in [-0.39, 0.29) is 5.91 Å². The van der Waals surface area contributed by atoms with Gasteiger partial charge in [-0.25, -0.2) is 4.98 Å². The van der Waals surface area contributed by atoms with E-state index in [9.17, 15) is 4.79 Å². The standard InChI is InChI=1S/C22H24N4O/c23-22(13-21(14-22)10-3-11-21)20(27)25-17-8-6-16(7-9-17)12-26-15-24-18-4-1-2-5-19(18)26/h1-2,4-9,15H,3,10-14,23H2,(H,25,27). The fourth-order valence-corrected chi connectivity index (χ4v) is 4.76. The van der Waals surface area contributed by atoms with Crippen LogP contribution >= 0.6 is 0 Å². The van der Waals surface area contributed by atoms with Gasteiger partial charge in [-0.3, -0.25) is 4.79 Å². The number of benzene rings is 2. The first kappa shape index (κ1) is 16.5. The van der Waals surface area contributed by atoms with Gasteiger partial charge in [0, 0.05) is 12.2 Å². The third kappa shape index (κ3) is 2.82. The molecule has 0 atom stereocenters. The lowest BCUT2D eigenvalue weighted by atomic mass is 9.48. The molecule has 0 saturated heterocycles. The number of rotatable bonds is 4. The van der Waals surface area contributed by atoms with E-state index in [0.29, 0.717) is 5.41 Å². The Labute approximate surface area is 158 Å². The largest absolute Gasteiger partial charge is 0.326 e. The van der Waals surface area contributed by atoms with Gasteiger partial charge < -0.3 is 15.6 Å². The Kier molecular flexibility index (Phi) is 3.62. The lowest BCUT2D eigenvalue weighted by Gasteiger charge is -2.58. The number of fused-ring (bicyclic) bond motifs is 1. The molecule has 2 aliphatic rings. The molecule has 3 N–H and O–H groups in total. The molecular formula is C22H24N4O. The Morgan fingerprint density at radius 2 is 1.85 bits per heavy atom. The molecular weight excluding hydrogens is 336 g/mol. The van der Waals surface area contributed by atoms with E-state index >= 15 is 0 Å². The van der Waals surface area contributed by atoms with Gasteiger partial charge in [-0.15, -0.1) is 0 Å². The molecule has 2 aromatic carbocycles. The van der Waals surface area contributed by atoms with Crippen molar-refractivity contribution < 1.29 is 4.79 Å². The van der Waals surface area contributed by atoms with Crippen LogP contribution in [0, 0.1) is 5.41 Å². The minimum atomic E-state index is -0.686. The molecule has 5 nitrogen and oxygen atoms in total. The molecule has 1 aromatic heterocycles. The maximum Gasteiger partial charge on any atom is 0.244 e. The van der Waals surface area contributed by atoms with Gasteiger partial charge in [-0.05, 0) is 60.9 Å². The van der Waals surface area contributed by atoms with Gasteiger partial charge in [-0.2, -0.15) is 0 Å². The van der Waals surface area contributed by atoms with Crippen molar-refractivity contribution >= 4 is 22.6 Å². The van der Waals surface area contributed by atoms with Gasteiger partial charge >= 0.3 is 0 Å². The van der Waals surface area contributed by atoms with E-state index in [1.54, 1.807) is 0 Å². The van der Waals surface area contributed by atoms with E-state index in [1.807, 2.05) is 48.8 Å². The first-order chi connectivity index (χ1) is 13.1. The number of nitrogens with two attached hydrogens (primary N) is 1. The smallest absolute Gasteiger partial charge is 0.244 e. The van der Waals surface area contributed by atoms with Crippen LogP contribution in [0.25, 0.3) is 11.0 Å². The van der Waals surface area contributed by atoms with Crippen molar-refractivity contribution in [3.8, 4) is 0 Å². The quantitative estimate of drug-likeness (QED) is 0.745. The summed E-state index contributed by atoms with van der Waals surface area (Å²) in [5.41, 5.74) is 10.1. The Balaban J connectivity index is 1.24. The molecule has 0 unspecified atom stereocenters. The zero-order valence-corrected chi connectivity index (χ0v) is 15.3. The molecule has 27 heavy (non-hydrogen) atoms. The molecule has 2 aliphatic carbocycles. The van der Waals surface area contributed by atoms with Crippen molar-refractivity contribution in [3.05, 3.63) is 60.4 Å². The molecule has 0 bridgehead atoms. The second-order valence-corrected chi connectivity index (χ2v) is 8.38. The Bertz CT molecular complexity index is 993. The number of nitrogens with one attached hydrogen (secondary N) is 1. The van der Waals surface area contributed by atoms with Crippen molar-refractivity contribution in [3.63, 3.8) is 0 Å². The first-order valence-corrected chi connectivity index (χ1v) is 9.65. The van der Waals surface area contributed by atoms with Gasteiger partial charge in [0.25, 0.3) is 0 Å². The molecule has 0 aliphatic heterocycles. The summed E-state index contributed by atoms with van der Waals surface area (Å²) in [6.07, 6.45) is 7.28. The summed E-state index contributed by atoms with van der Waals surface area (Å²) in [6, 6.07) is 16.1. The summed E-state index contributed by atoms with van der Waals surface area (Å²) >= 11 is 0. The van der Waals surface area contributed by atoms with Gasteiger partial charge in [0.2, 0.25) is 5.91 Å². The molecule has 0 radical (unpaired) electrons. The highest BCUT2D eigenvalue weighted by Crippen LogP contribution is 2.59. The fraction of sp³-hybridized carbons (Fsp3) is 0.364. The van der Waals surface area contributed by atoms with E-state index in [4.69, 9.17) is 5.73 Å². The number of hydrogen-bond donors (Lipinski definition) is 2. The monoisotopic (exact) mass is 360 g/mol. The minimum Gasteiger partial charge on any atom is -0.326 e. The van der Waals surface area contributed by atoms with Crippen molar-refractivity contribution in [1.82, 2.24) is 9.55 Å². The van der Waals surface area contributed by atoms with Crippen molar-refractivity contribution in [2.45, 2.75) is 44.2 Å². The number of anilines is 1. The van der Waals surface area contributed by atoms with E-state index in [0.717, 1.165) is 41.7 Å². The van der Waals surface area contributed by atoms with Gasteiger partial charge in [0.05, 0.1) is 22.9 Å². The second kappa shape index (κ2) is 5.92. The maximum atomic E-state index is 12.6. The maximum absolute atomic E-state index is 12.6. The molecule has 5 heteroatoms. The summed E-state index contributed by atoms with van der Waals surface area (Å²) in [6.45, 7) is 0.748. The van der Waals surface area contributed by atoms with Gasteiger partial charge in [-0.1, -0.05) is 30.7 Å². The Hall–Kier alpha value is -2.66. The van der Waals surface area contributed by atoms with Crippen LogP contribution in [-0.4, -0.2) is 21.0 Å². The normalized spacial score (nSPS) is 19.4. The number of para-hydroxylation sites is 2. The number of carbonyl (C=O) groups is 1. The van der Waals surface area contributed by atoms with Crippen LogP contribution in [0.5, 0.6) is 0 Å². The third-order valence-corrected chi connectivity index (χ3v) is 6.34. The number of amides is 1. The zero-order chi connectivity index (χ0) is 18.5. The highest BCUT2D eigenvalue weighted by atomic mass is 16.2. The predicted octanol–water partition coefficient (Wildman–Crippen LogP) is 3.68. The molecule has 1 amide bonds. The summed E-state index contributed by atoms with van der Waals surface area (Å²) in [5.74, 6) is -0.0478. The Morgan fingerprint density at radius 1 is 1.11 bits per heavy atom. The molecule has 1 spiro atoms. The highest BCUT2D eigenvalue weighted by Gasteiger charge is 2.58. The van der Waals surface area contributed by atoms with Crippen LogP contribution in [0.2, 0.25) is 0 Å². The summed E-state index contributed by atoms with van der Waals surface area (Å²) in [4.78, 5) is 17.0. The number of carbonyl (C=O) groups excluding carboxylic acids is 1. The zero-order valence-electron chi connectivity index (χ0n) is 15.3. The van der Waals surface area contributed by atoms with E-state index in [1.165, 1.54) is 19.3 Å². The number of nitrogens with zero attached hydrogens (tertiary/aromatic N) is 2. The van der Waals surface area contributed by atoms with Gasteiger partial charge in [0.15, 0.2) is 0 Å². The number of hydrogen-bond acceptors (Lipinski definition) is 3. The molecule has 1 heterocycles. The van der Waals surface area contributed by atoms with Crippen molar-refractivity contribution in [2.24, 2.45) is 11.1 Å². The highest BCUT2D eigenvalue weighted by molar-refractivity contribution is 5.99. The first-order valence-electron chi connectivity index (χ1n) is 9.65. The van der Waals surface area contributed by atoms with Crippen molar-refractivity contribution in [1.29, 1.82) is 0 Å². The van der Waals surface area contributed by atoms with Crippen LogP contribution in [0.15, 0.2) is 54.9 Å². The molecule has 5 rings (SSSR count). The minimum absolute atomic E-state index is 0.0478.